The summed E-state index contributed by atoms with van der Waals surface area (Å²) in [5.41, 5.74) is 1.93. The molecule has 104 valence electrons. The van der Waals surface area contributed by atoms with Gasteiger partial charge in [-0.2, -0.15) is 0 Å². The Bertz CT molecular complexity index is 454. The predicted molar refractivity (Wildman–Crippen MR) is 84.1 cm³/mol. The molecule has 0 saturated heterocycles. The van der Waals surface area contributed by atoms with E-state index in [1.165, 1.54) is 38.0 Å². The summed E-state index contributed by atoms with van der Waals surface area (Å²) in [6.07, 6.45) is 11.0. The second kappa shape index (κ2) is 7.59. The van der Waals surface area contributed by atoms with Crippen LogP contribution in [-0.4, -0.2) is 27.3 Å². The number of pyridine rings is 1. The third kappa shape index (κ3) is 4.28. The number of hydrogen-bond acceptors (Lipinski definition) is 2. The quantitative estimate of drug-likeness (QED) is 0.720. The molecule has 2 aromatic rings. The highest BCUT2D eigenvalue weighted by Crippen LogP contribution is 2.41. The Morgan fingerprint density at radius 3 is 2.53 bits per heavy atom. The minimum Gasteiger partial charge on any atom is -0.340 e. The topological polar surface area (TPSA) is 41.6 Å². The first-order chi connectivity index (χ1) is 9.33. The van der Waals surface area contributed by atoms with Gasteiger partial charge < -0.3 is 4.98 Å². The van der Waals surface area contributed by atoms with Crippen molar-refractivity contribution < 1.29 is 0 Å². The molecule has 4 heteroatoms. The molecular formula is C15H24N3P. The molecule has 19 heavy (non-hydrogen) atoms. The summed E-state index contributed by atoms with van der Waals surface area (Å²) in [4.78, 5) is 12.3. The lowest BCUT2D eigenvalue weighted by molar-refractivity contribution is 0.863. The second-order valence-electron chi connectivity index (χ2n) is 5.04. The van der Waals surface area contributed by atoms with Gasteiger partial charge in [-0.1, -0.05) is 34.6 Å². The normalized spacial score (nSPS) is 11.5. The molecule has 3 nitrogen and oxygen atoms in total. The van der Waals surface area contributed by atoms with Crippen LogP contribution in [-0.2, 0) is 6.16 Å². The Kier molecular flexibility index (Phi) is 5.78. The van der Waals surface area contributed by atoms with Crippen LogP contribution in [0.4, 0.5) is 0 Å². The summed E-state index contributed by atoms with van der Waals surface area (Å²) in [5.74, 6) is 1.13. The fourth-order valence-corrected chi connectivity index (χ4v) is 4.86. The standard InChI is InChI=1S/C15H24N3P/c1-3-5-10-19(11-6-4-2)12-14-17-13-8-7-9-16-15(13)18-14/h7-9H,3-6,10-12H2,1-2H3,(H,16,17,18). The molecule has 0 aliphatic carbocycles. The summed E-state index contributed by atoms with van der Waals surface area (Å²) in [6.45, 7) is 4.55. The third-order valence-electron chi connectivity index (χ3n) is 3.34. The monoisotopic (exact) mass is 277 g/mol. The van der Waals surface area contributed by atoms with E-state index in [0.29, 0.717) is 0 Å². The Labute approximate surface area is 117 Å². The zero-order valence-corrected chi connectivity index (χ0v) is 12.9. The molecule has 2 rings (SSSR count). The zero-order chi connectivity index (χ0) is 13.5. The smallest absolute Gasteiger partial charge is 0.177 e. The molecular weight excluding hydrogens is 253 g/mol. The number of imidazole rings is 1. The lowest BCUT2D eigenvalue weighted by atomic mass is 10.4. The first-order valence-electron chi connectivity index (χ1n) is 7.35. The van der Waals surface area contributed by atoms with Crippen LogP contribution in [0.25, 0.3) is 11.2 Å². The van der Waals surface area contributed by atoms with Gasteiger partial charge in [0.05, 0.1) is 5.52 Å². The maximum atomic E-state index is 4.62. The van der Waals surface area contributed by atoms with Gasteiger partial charge in [-0.15, -0.1) is 0 Å². The fourth-order valence-electron chi connectivity index (χ4n) is 2.21. The number of nitrogens with zero attached hydrogens (tertiary/aromatic N) is 2. The van der Waals surface area contributed by atoms with Crippen LogP contribution in [0.1, 0.15) is 45.4 Å². The molecule has 0 aliphatic rings. The number of nitrogens with one attached hydrogen (secondary N) is 1. The molecule has 0 aromatic carbocycles. The Morgan fingerprint density at radius 1 is 1.16 bits per heavy atom. The summed E-state index contributed by atoms with van der Waals surface area (Å²) < 4.78 is 0. The van der Waals surface area contributed by atoms with E-state index in [4.69, 9.17) is 0 Å². The molecule has 0 spiro atoms. The van der Waals surface area contributed by atoms with E-state index in [0.717, 1.165) is 23.2 Å². The average molecular weight is 277 g/mol. The summed E-state index contributed by atoms with van der Waals surface area (Å²) in [5, 5.41) is 0. The zero-order valence-electron chi connectivity index (χ0n) is 12.0. The fraction of sp³-hybridized carbons (Fsp3) is 0.600. The summed E-state index contributed by atoms with van der Waals surface area (Å²) in [6, 6.07) is 4.01. The van der Waals surface area contributed by atoms with Crippen molar-refractivity contribution in [2.45, 2.75) is 45.7 Å². The largest absolute Gasteiger partial charge is 0.340 e. The van der Waals surface area contributed by atoms with Crippen molar-refractivity contribution in [2.75, 3.05) is 12.3 Å². The van der Waals surface area contributed by atoms with Crippen molar-refractivity contribution in [1.29, 1.82) is 0 Å². The van der Waals surface area contributed by atoms with E-state index in [1.54, 1.807) is 0 Å². The van der Waals surface area contributed by atoms with Crippen LogP contribution >= 0.6 is 7.92 Å². The van der Waals surface area contributed by atoms with Gasteiger partial charge in [0.15, 0.2) is 5.65 Å². The molecule has 0 saturated carbocycles. The SMILES string of the molecule is CCCCP(CCCC)Cc1nc2ncccc2[nH]1. The van der Waals surface area contributed by atoms with E-state index in [-0.39, 0.29) is 7.92 Å². The van der Waals surface area contributed by atoms with Gasteiger partial charge >= 0.3 is 0 Å². The van der Waals surface area contributed by atoms with Crippen LogP contribution in [0, 0.1) is 0 Å². The van der Waals surface area contributed by atoms with E-state index < -0.39 is 0 Å². The van der Waals surface area contributed by atoms with Gasteiger partial charge in [-0.3, -0.25) is 0 Å². The molecule has 0 bridgehead atoms. The van der Waals surface area contributed by atoms with Gasteiger partial charge in [-0.05, 0) is 37.3 Å². The lowest BCUT2D eigenvalue weighted by Gasteiger charge is -2.15. The predicted octanol–water partition coefficient (Wildman–Crippen LogP) is 4.54. The van der Waals surface area contributed by atoms with Gasteiger partial charge in [-0.25, -0.2) is 9.97 Å². The Balaban J connectivity index is 2.01. The van der Waals surface area contributed by atoms with E-state index >= 15 is 0 Å². The molecule has 0 aliphatic heterocycles. The van der Waals surface area contributed by atoms with Crippen molar-refractivity contribution >= 4 is 19.1 Å². The molecule has 0 fully saturated rings. The number of H-pyrrole nitrogens is 1. The molecule has 0 unspecified atom stereocenters. The van der Waals surface area contributed by atoms with Crippen molar-refractivity contribution in [1.82, 2.24) is 15.0 Å². The van der Waals surface area contributed by atoms with Gasteiger partial charge in [0, 0.05) is 12.4 Å². The van der Waals surface area contributed by atoms with Crippen molar-refractivity contribution in [3.8, 4) is 0 Å². The van der Waals surface area contributed by atoms with Crippen LogP contribution in [0.5, 0.6) is 0 Å². The third-order valence-corrected chi connectivity index (χ3v) is 5.98. The van der Waals surface area contributed by atoms with Gasteiger partial charge in [0.25, 0.3) is 0 Å². The first-order valence-corrected chi connectivity index (χ1v) is 9.25. The van der Waals surface area contributed by atoms with Crippen LogP contribution in [0.2, 0.25) is 0 Å². The molecule has 2 aromatic heterocycles. The molecule has 0 radical (unpaired) electrons. The summed E-state index contributed by atoms with van der Waals surface area (Å²) >= 11 is 0. The molecule has 2 heterocycles. The molecule has 0 amide bonds. The highest BCUT2D eigenvalue weighted by molar-refractivity contribution is 7.56. The number of rotatable bonds is 8. The van der Waals surface area contributed by atoms with Crippen molar-refractivity contribution in [2.24, 2.45) is 0 Å². The number of aromatic amines is 1. The Morgan fingerprint density at radius 2 is 1.89 bits per heavy atom. The van der Waals surface area contributed by atoms with Crippen LogP contribution in [0.15, 0.2) is 18.3 Å². The lowest BCUT2D eigenvalue weighted by Crippen LogP contribution is -1.96. The first kappa shape index (κ1) is 14.5. The van der Waals surface area contributed by atoms with E-state index in [1.807, 2.05) is 12.3 Å². The summed E-state index contributed by atoms with van der Waals surface area (Å²) in [7, 11) is 0.0929. The van der Waals surface area contributed by atoms with Crippen LogP contribution < -0.4 is 0 Å². The average Bonchev–Trinajstić information content (AvgIpc) is 2.84. The number of aromatic nitrogens is 3. The van der Waals surface area contributed by atoms with Crippen molar-refractivity contribution in [3.05, 3.63) is 24.2 Å². The van der Waals surface area contributed by atoms with E-state index in [2.05, 4.69) is 34.9 Å². The minimum absolute atomic E-state index is 0.0929. The van der Waals surface area contributed by atoms with Crippen LogP contribution in [0.3, 0.4) is 0 Å². The van der Waals surface area contributed by atoms with E-state index in [9.17, 15) is 0 Å². The van der Waals surface area contributed by atoms with Gasteiger partial charge in [0.2, 0.25) is 0 Å². The van der Waals surface area contributed by atoms with Gasteiger partial charge in [0.1, 0.15) is 5.82 Å². The highest BCUT2D eigenvalue weighted by Gasteiger charge is 2.11. The maximum Gasteiger partial charge on any atom is 0.177 e. The minimum atomic E-state index is 0.0929. The Hall–Kier alpha value is -0.950. The maximum absolute atomic E-state index is 4.62. The molecule has 1 N–H and O–H groups in total. The highest BCUT2D eigenvalue weighted by atomic mass is 31.1. The number of unbranched alkanes of at least 4 members (excludes halogenated alkanes) is 2. The molecule has 0 atom stereocenters. The second-order valence-corrected chi connectivity index (χ2v) is 7.59. The number of fused-ring (bicyclic) bond motifs is 1. The number of hydrogen-bond donors (Lipinski definition) is 1. The van der Waals surface area contributed by atoms with Crippen molar-refractivity contribution in [3.63, 3.8) is 0 Å².